The maximum Gasteiger partial charge on any atom is 0.148 e. The molecule has 16 heavy (non-hydrogen) atoms. The van der Waals surface area contributed by atoms with Crippen LogP contribution < -0.4 is 5.73 Å². The van der Waals surface area contributed by atoms with Gasteiger partial charge >= 0.3 is 0 Å². The number of nitrogens with two attached hydrogens (primary N) is 1. The Bertz CT molecular complexity index is 397. The SMILES string of the molecule is CC[C@@H](C)C(C=Nc1ccccc1F)=CN. The van der Waals surface area contributed by atoms with E-state index in [1.54, 1.807) is 24.4 Å². The van der Waals surface area contributed by atoms with E-state index in [1.165, 1.54) is 12.3 Å². The molecule has 1 aromatic rings. The van der Waals surface area contributed by atoms with Crippen molar-refractivity contribution in [1.82, 2.24) is 0 Å². The average Bonchev–Trinajstić information content (AvgIpc) is 2.31. The highest BCUT2D eigenvalue weighted by Crippen LogP contribution is 2.18. The van der Waals surface area contributed by atoms with Crippen LogP contribution in [0.4, 0.5) is 10.1 Å². The zero-order valence-electron chi connectivity index (χ0n) is 9.65. The van der Waals surface area contributed by atoms with E-state index >= 15 is 0 Å². The first-order chi connectivity index (χ1) is 7.69. The number of hydrogen-bond acceptors (Lipinski definition) is 2. The molecule has 1 aromatic carbocycles. The number of rotatable bonds is 4. The second-order valence-corrected chi connectivity index (χ2v) is 3.69. The van der Waals surface area contributed by atoms with Gasteiger partial charge in [0, 0.05) is 6.21 Å². The maximum absolute atomic E-state index is 13.3. The molecule has 0 aliphatic rings. The molecule has 0 aromatic heterocycles. The molecule has 2 N–H and O–H groups in total. The van der Waals surface area contributed by atoms with Crippen molar-refractivity contribution in [3.05, 3.63) is 41.9 Å². The minimum absolute atomic E-state index is 0.320. The minimum atomic E-state index is -0.320. The van der Waals surface area contributed by atoms with Crippen molar-refractivity contribution in [2.45, 2.75) is 20.3 Å². The Hall–Kier alpha value is -1.64. The first kappa shape index (κ1) is 12.4. The zero-order chi connectivity index (χ0) is 12.0. The molecule has 0 heterocycles. The lowest BCUT2D eigenvalue weighted by atomic mass is 10.0. The highest BCUT2D eigenvalue weighted by atomic mass is 19.1. The number of benzene rings is 1. The van der Waals surface area contributed by atoms with Gasteiger partial charge in [-0.15, -0.1) is 0 Å². The Labute approximate surface area is 95.7 Å². The number of aliphatic imine (C=N–C) groups is 1. The van der Waals surface area contributed by atoms with E-state index in [2.05, 4.69) is 18.8 Å². The molecule has 0 fully saturated rings. The molecule has 0 amide bonds. The van der Waals surface area contributed by atoms with Gasteiger partial charge in [-0.2, -0.15) is 0 Å². The van der Waals surface area contributed by atoms with Gasteiger partial charge in [-0.25, -0.2) is 4.39 Å². The summed E-state index contributed by atoms with van der Waals surface area (Å²) in [5.41, 5.74) is 6.76. The molecule has 0 aliphatic heterocycles. The van der Waals surface area contributed by atoms with Crippen molar-refractivity contribution < 1.29 is 4.39 Å². The fourth-order valence-electron chi connectivity index (χ4n) is 1.27. The van der Waals surface area contributed by atoms with Crippen molar-refractivity contribution >= 4 is 11.9 Å². The van der Waals surface area contributed by atoms with Crippen molar-refractivity contribution in [3.63, 3.8) is 0 Å². The largest absolute Gasteiger partial charge is 0.404 e. The van der Waals surface area contributed by atoms with Gasteiger partial charge in [0.1, 0.15) is 5.82 Å². The number of nitrogens with zero attached hydrogens (tertiary/aromatic N) is 1. The molecule has 0 unspecified atom stereocenters. The smallest absolute Gasteiger partial charge is 0.148 e. The third kappa shape index (κ3) is 3.19. The highest BCUT2D eigenvalue weighted by Gasteiger charge is 2.03. The molecule has 3 heteroatoms. The standard InChI is InChI=1S/C13H17FN2/c1-3-10(2)11(8-15)9-16-13-7-5-4-6-12(13)14/h4-10H,3,15H2,1-2H3/t10-/m1/s1. The summed E-state index contributed by atoms with van der Waals surface area (Å²) in [6.07, 6.45) is 4.14. The van der Waals surface area contributed by atoms with Crippen LogP contribution in [0.25, 0.3) is 0 Å². The van der Waals surface area contributed by atoms with E-state index in [4.69, 9.17) is 5.73 Å². The van der Waals surface area contributed by atoms with Crippen molar-refractivity contribution in [3.8, 4) is 0 Å². The molecular formula is C13H17FN2. The van der Waals surface area contributed by atoms with Gasteiger partial charge in [-0.3, -0.25) is 4.99 Å². The van der Waals surface area contributed by atoms with E-state index in [9.17, 15) is 4.39 Å². The summed E-state index contributed by atoms with van der Waals surface area (Å²) in [5, 5.41) is 0. The monoisotopic (exact) mass is 220 g/mol. The van der Waals surface area contributed by atoms with Crippen molar-refractivity contribution in [1.29, 1.82) is 0 Å². The second-order valence-electron chi connectivity index (χ2n) is 3.69. The minimum Gasteiger partial charge on any atom is -0.404 e. The quantitative estimate of drug-likeness (QED) is 0.776. The van der Waals surface area contributed by atoms with Gasteiger partial charge in [0.2, 0.25) is 0 Å². The Balaban J connectivity index is 2.84. The predicted molar refractivity (Wildman–Crippen MR) is 66.3 cm³/mol. The fourth-order valence-corrected chi connectivity index (χ4v) is 1.27. The first-order valence-corrected chi connectivity index (χ1v) is 5.39. The number of hydrogen-bond donors (Lipinski definition) is 1. The Morgan fingerprint density at radius 3 is 2.75 bits per heavy atom. The highest BCUT2D eigenvalue weighted by molar-refractivity contribution is 5.81. The molecular weight excluding hydrogens is 203 g/mol. The van der Waals surface area contributed by atoms with E-state index in [0.717, 1.165) is 12.0 Å². The normalized spacial score (nSPS) is 14.3. The summed E-state index contributed by atoms with van der Waals surface area (Å²) < 4.78 is 13.3. The lowest BCUT2D eigenvalue weighted by molar-refractivity contribution is 0.630. The van der Waals surface area contributed by atoms with Crippen LogP contribution in [0.2, 0.25) is 0 Å². The van der Waals surface area contributed by atoms with Crippen LogP contribution in [0.1, 0.15) is 20.3 Å². The second kappa shape index (κ2) is 6.05. The average molecular weight is 220 g/mol. The van der Waals surface area contributed by atoms with Gasteiger partial charge in [0.15, 0.2) is 0 Å². The van der Waals surface area contributed by atoms with Gasteiger partial charge in [-0.1, -0.05) is 26.0 Å². The number of halogens is 1. The topological polar surface area (TPSA) is 38.4 Å². The van der Waals surface area contributed by atoms with Crippen LogP contribution in [0.3, 0.4) is 0 Å². The van der Waals surface area contributed by atoms with Gasteiger partial charge in [0.25, 0.3) is 0 Å². The van der Waals surface area contributed by atoms with Gasteiger partial charge < -0.3 is 5.73 Å². The Morgan fingerprint density at radius 2 is 2.19 bits per heavy atom. The summed E-state index contributed by atoms with van der Waals surface area (Å²) >= 11 is 0. The summed E-state index contributed by atoms with van der Waals surface area (Å²) in [6, 6.07) is 6.42. The van der Waals surface area contributed by atoms with Crippen LogP contribution in [0.5, 0.6) is 0 Å². The Kier molecular flexibility index (Phi) is 4.70. The molecule has 0 spiro atoms. The number of allylic oxidation sites excluding steroid dienone is 1. The van der Waals surface area contributed by atoms with Crippen LogP contribution >= 0.6 is 0 Å². The molecule has 0 bridgehead atoms. The van der Waals surface area contributed by atoms with Crippen molar-refractivity contribution in [2.75, 3.05) is 0 Å². The van der Waals surface area contributed by atoms with E-state index in [0.29, 0.717) is 11.6 Å². The van der Waals surface area contributed by atoms with Gasteiger partial charge in [0.05, 0.1) is 5.69 Å². The molecule has 86 valence electrons. The summed E-state index contributed by atoms with van der Waals surface area (Å²) in [4.78, 5) is 4.10. The third-order valence-electron chi connectivity index (χ3n) is 2.58. The molecule has 2 nitrogen and oxygen atoms in total. The van der Waals surface area contributed by atoms with Gasteiger partial charge in [-0.05, 0) is 36.2 Å². The van der Waals surface area contributed by atoms with Crippen molar-refractivity contribution in [2.24, 2.45) is 16.6 Å². The molecule has 1 rings (SSSR count). The molecule has 0 saturated carbocycles. The zero-order valence-corrected chi connectivity index (χ0v) is 9.65. The van der Waals surface area contributed by atoms with Crippen LogP contribution in [-0.4, -0.2) is 6.21 Å². The lowest BCUT2D eigenvalue weighted by Crippen LogP contribution is -2.02. The molecule has 1 atom stereocenters. The van der Waals surface area contributed by atoms with E-state index in [-0.39, 0.29) is 5.82 Å². The summed E-state index contributed by atoms with van der Waals surface area (Å²) in [6.45, 7) is 4.14. The van der Waals surface area contributed by atoms with Crippen LogP contribution in [0.15, 0.2) is 41.0 Å². The molecule has 0 aliphatic carbocycles. The summed E-state index contributed by atoms with van der Waals surface area (Å²) in [5.74, 6) is 0.0137. The van der Waals surface area contributed by atoms with Crippen LogP contribution in [0, 0.1) is 11.7 Å². The summed E-state index contributed by atoms with van der Waals surface area (Å²) in [7, 11) is 0. The third-order valence-corrected chi connectivity index (χ3v) is 2.58. The first-order valence-electron chi connectivity index (χ1n) is 5.39. The van der Waals surface area contributed by atoms with E-state index in [1.807, 2.05) is 0 Å². The molecule has 0 radical (unpaired) electrons. The maximum atomic E-state index is 13.3. The van der Waals surface area contributed by atoms with Crippen LogP contribution in [-0.2, 0) is 0 Å². The molecule has 0 saturated heterocycles. The fraction of sp³-hybridized carbons (Fsp3) is 0.308. The van der Waals surface area contributed by atoms with E-state index < -0.39 is 0 Å². The lowest BCUT2D eigenvalue weighted by Gasteiger charge is -2.07. The number of para-hydroxylation sites is 1. The Morgan fingerprint density at radius 1 is 1.50 bits per heavy atom. The predicted octanol–water partition coefficient (Wildman–Crippen LogP) is 3.42.